The highest BCUT2D eigenvalue weighted by molar-refractivity contribution is 5.85. The first-order valence-corrected chi connectivity index (χ1v) is 5.27. The molecule has 1 heterocycles. The normalized spacial score (nSPS) is 9.28. The Hall–Kier alpha value is -2.55. The largest absolute Gasteiger partial charge is 0.477 e. The number of nitrogens with one attached hydrogen (secondary N) is 2. The molecule has 0 aliphatic rings. The van der Waals surface area contributed by atoms with Gasteiger partial charge in [0.05, 0.1) is 0 Å². The first-order valence-electron chi connectivity index (χ1n) is 5.27. The summed E-state index contributed by atoms with van der Waals surface area (Å²) in [6.45, 7) is 0.688. The smallest absolute Gasteiger partial charge is 0.354 e. The van der Waals surface area contributed by atoms with Crippen LogP contribution in [0.1, 0.15) is 22.5 Å². The lowest BCUT2D eigenvalue weighted by atomic mass is 10.2. The first-order chi connectivity index (χ1) is 8.63. The van der Waals surface area contributed by atoms with Crippen LogP contribution in [0, 0.1) is 12.3 Å². The van der Waals surface area contributed by atoms with Crippen molar-refractivity contribution in [1.82, 2.24) is 15.6 Å². The minimum Gasteiger partial charge on any atom is -0.477 e. The fourth-order valence-corrected chi connectivity index (χ4v) is 1.15. The zero-order chi connectivity index (χ0) is 13.4. The third-order valence-corrected chi connectivity index (χ3v) is 2.05. The molecule has 0 saturated carbocycles. The lowest BCUT2D eigenvalue weighted by Gasteiger charge is -2.06. The molecule has 3 N–H and O–H groups in total. The average Bonchev–Trinajstić information content (AvgIpc) is 2.37. The van der Waals surface area contributed by atoms with Crippen molar-refractivity contribution in [3.05, 3.63) is 29.6 Å². The summed E-state index contributed by atoms with van der Waals surface area (Å²) in [5, 5.41) is 13.8. The Labute approximate surface area is 104 Å². The van der Waals surface area contributed by atoms with Crippen molar-refractivity contribution < 1.29 is 14.7 Å². The number of pyridine rings is 1. The van der Waals surface area contributed by atoms with E-state index in [-0.39, 0.29) is 18.3 Å². The molecule has 0 fully saturated rings. The van der Waals surface area contributed by atoms with Gasteiger partial charge in [0.2, 0.25) is 0 Å². The number of hydrogen-bond donors (Lipinski definition) is 3. The van der Waals surface area contributed by atoms with Crippen LogP contribution in [-0.4, -0.2) is 28.6 Å². The predicted molar refractivity (Wildman–Crippen MR) is 64.9 cm³/mol. The number of carbonyl (C=O) groups excluding carboxylic acids is 1. The van der Waals surface area contributed by atoms with E-state index in [2.05, 4.69) is 21.5 Å². The van der Waals surface area contributed by atoms with Gasteiger partial charge >= 0.3 is 12.0 Å². The number of hydrogen-bond acceptors (Lipinski definition) is 3. The van der Waals surface area contributed by atoms with Crippen LogP contribution in [0.15, 0.2) is 18.3 Å². The second-order valence-electron chi connectivity index (χ2n) is 3.42. The Kier molecular flexibility index (Phi) is 5.19. The van der Waals surface area contributed by atoms with Gasteiger partial charge in [-0.25, -0.2) is 14.6 Å². The molecule has 0 radical (unpaired) electrons. The van der Waals surface area contributed by atoms with Crippen molar-refractivity contribution >= 4 is 12.0 Å². The highest BCUT2D eigenvalue weighted by Gasteiger charge is 2.04. The van der Waals surface area contributed by atoms with Crippen LogP contribution in [0.2, 0.25) is 0 Å². The number of terminal acetylenes is 1. The molecule has 1 rings (SSSR count). The molecule has 0 aromatic carbocycles. The van der Waals surface area contributed by atoms with Gasteiger partial charge in [0.25, 0.3) is 0 Å². The van der Waals surface area contributed by atoms with Crippen molar-refractivity contribution in [2.75, 3.05) is 6.54 Å². The molecular weight excluding hydrogens is 234 g/mol. The van der Waals surface area contributed by atoms with E-state index in [0.29, 0.717) is 18.5 Å². The standard InChI is InChI=1S/C12H13N3O3/c1-2-3-6-13-12(18)15-8-9-4-5-10(11(16)17)14-7-9/h1,4-5,7H,3,6,8H2,(H,16,17)(H2,13,15,18). The van der Waals surface area contributed by atoms with Crippen LogP contribution in [0.5, 0.6) is 0 Å². The summed E-state index contributed by atoms with van der Waals surface area (Å²) in [5.41, 5.74) is 0.685. The summed E-state index contributed by atoms with van der Waals surface area (Å²) < 4.78 is 0. The van der Waals surface area contributed by atoms with Crippen LogP contribution in [0.3, 0.4) is 0 Å². The third-order valence-electron chi connectivity index (χ3n) is 2.05. The number of aromatic carboxylic acids is 1. The van der Waals surface area contributed by atoms with Crippen LogP contribution < -0.4 is 10.6 Å². The molecule has 1 aromatic rings. The fourth-order valence-electron chi connectivity index (χ4n) is 1.15. The highest BCUT2D eigenvalue weighted by Crippen LogP contribution is 1.99. The SMILES string of the molecule is C#CCCNC(=O)NCc1ccc(C(=O)O)nc1. The van der Waals surface area contributed by atoms with Gasteiger partial charge in [-0.2, -0.15) is 0 Å². The van der Waals surface area contributed by atoms with Crippen molar-refractivity contribution in [1.29, 1.82) is 0 Å². The van der Waals surface area contributed by atoms with Gasteiger partial charge < -0.3 is 15.7 Å². The zero-order valence-corrected chi connectivity index (χ0v) is 9.64. The summed E-state index contributed by atoms with van der Waals surface area (Å²) in [7, 11) is 0. The molecule has 0 atom stereocenters. The van der Waals surface area contributed by atoms with Gasteiger partial charge in [0.15, 0.2) is 0 Å². The van der Waals surface area contributed by atoms with E-state index < -0.39 is 5.97 Å². The lowest BCUT2D eigenvalue weighted by Crippen LogP contribution is -2.35. The minimum absolute atomic E-state index is 0.0304. The Morgan fingerprint density at radius 1 is 1.39 bits per heavy atom. The Morgan fingerprint density at radius 2 is 2.17 bits per heavy atom. The maximum atomic E-state index is 11.3. The summed E-state index contributed by atoms with van der Waals surface area (Å²) in [5.74, 6) is 1.32. The second kappa shape index (κ2) is 6.91. The zero-order valence-electron chi connectivity index (χ0n) is 9.64. The maximum Gasteiger partial charge on any atom is 0.354 e. The summed E-state index contributed by atoms with van der Waals surface area (Å²) in [6.07, 6.45) is 6.92. The number of urea groups is 1. The lowest BCUT2D eigenvalue weighted by molar-refractivity contribution is 0.0690. The third kappa shape index (κ3) is 4.53. The molecule has 0 bridgehead atoms. The molecule has 0 unspecified atom stereocenters. The Morgan fingerprint density at radius 3 is 2.72 bits per heavy atom. The van der Waals surface area contributed by atoms with E-state index in [0.717, 1.165) is 0 Å². The number of aromatic nitrogens is 1. The van der Waals surface area contributed by atoms with Crippen molar-refractivity contribution in [3.63, 3.8) is 0 Å². The van der Waals surface area contributed by atoms with E-state index in [1.165, 1.54) is 12.3 Å². The molecule has 0 spiro atoms. The number of rotatable bonds is 5. The van der Waals surface area contributed by atoms with Gasteiger partial charge in [-0.15, -0.1) is 12.3 Å². The average molecular weight is 247 g/mol. The van der Waals surface area contributed by atoms with Crippen LogP contribution in [0.4, 0.5) is 4.79 Å². The molecule has 18 heavy (non-hydrogen) atoms. The molecule has 2 amide bonds. The van der Waals surface area contributed by atoms with Gasteiger partial charge in [-0.3, -0.25) is 0 Å². The minimum atomic E-state index is -1.08. The number of amides is 2. The number of carboxylic acids is 1. The maximum absolute atomic E-state index is 11.3. The molecule has 0 aliphatic heterocycles. The predicted octanol–water partition coefficient (Wildman–Crippen LogP) is 0.602. The molecule has 94 valence electrons. The molecular formula is C12H13N3O3. The second-order valence-corrected chi connectivity index (χ2v) is 3.42. The van der Waals surface area contributed by atoms with Gasteiger partial charge in [0, 0.05) is 25.7 Å². The fraction of sp³-hybridized carbons (Fsp3) is 0.250. The monoisotopic (exact) mass is 247 g/mol. The number of nitrogens with zero attached hydrogens (tertiary/aromatic N) is 1. The Bertz CT molecular complexity index is 462. The highest BCUT2D eigenvalue weighted by atomic mass is 16.4. The van der Waals surface area contributed by atoms with Crippen molar-refractivity contribution in [2.45, 2.75) is 13.0 Å². The summed E-state index contributed by atoms with van der Waals surface area (Å²) in [4.78, 5) is 25.6. The number of carbonyl (C=O) groups is 2. The quantitative estimate of drug-likeness (QED) is 0.525. The molecule has 6 nitrogen and oxygen atoms in total. The van der Waals surface area contributed by atoms with E-state index in [1.807, 2.05) is 0 Å². The molecule has 6 heteroatoms. The van der Waals surface area contributed by atoms with Crippen molar-refractivity contribution in [3.8, 4) is 12.3 Å². The van der Waals surface area contributed by atoms with E-state index in [9.17, 15) is 9.59 Å². The van der Waals surface area contributed by atoms with E-state index in [1.54, 1.807) is 6.07 Å². The topological polar surface area (TPSA) is 91.3 Å². The van der Waals surface area contributed by atoms with Gasteiger partial charge in [0.1, 0.15) is 5.69 Å². The Balaban J connectivity index is 2.37. The molecule has 0 aliphatic carbocycles. The van der Waals surface area contributed by atoms with Crippen molar-refractivity contribution in [2.24, 2.45) is 0 Å². The van der Waals surface area contributed by atoms with E-state index >= 15 is 0 Å². The van der Waals surface area contributed by atoms with Gasteiger partial charge in [-0.1, -0.05) is 6.07 Å². The summed E-state index contributed by atoms with van der Waals surface area (Å²) in [6, 6.07) is 2.65. The van der Waals surface area contributed by atoms with Crippen LogP contribution in [0.25, 0.3) is 0 Å². The van der Waals surface area contributed by atoms with Crippen LogP contribution in [-0.2, 0) is 6.54 Å². The van der Waals surface area contributed by atoms with E-state index in [4.69, 9.17) is 11.5 Å². The molecule has 1 aromatic heterocycles. The first kappa shape index (κ1) is 13.5. The van der Waals surface area contributed by atoms with Gasteiger partial charge in [-0.05, 0) is 11.6 Å². The van der Waals surface area contributed by atoms with Crippen LogP contribution >= 0.6 is 0 Å². The number of carboxylic acid groups (broad SMARTS) is 1. The molecule has 0 saturated heterocycles. The summed E-state index contributed by atoms with van der Waals surface area (Å²) >= 11 is 0.